The number of aromatic nitrogens is 4. The first-order chi connectivity index (χ1) is 24.8. The van der Waals surface area contributed by atoms with E-state index in [2.05, 4.69) is 26.3 Å². The second-order valence-electron chi connectivity index (χ2n) is 11.8. The lowest BCUT2D eigenvalue weighted by Gasteiger charge is -2.17. The van der Waals surface area contributed by atoms with Gasteiger partial charge in [0.15, 0.2) is 17.8 Å². The molecule has 1 saturated heterocycles. The molecule has 1 aliphatic heterocycles. The predicted octanol–water partition coefficient (Wildman–Crippen LogP) is 1.27. The number of rotatable bonds is 22. The smallest absolute Gasteiger partial charge is 0.340 e. The maximum atomic E-state index is 12.3. The number of nitrogens with one attached hydrogen (secondary N) is 1. The summed E-state index contributed by atoms with van der Waals surface area (Å²) in [5, 5.41) is 29.4. The van der Waals surface area contributed by atoms with E-state index in [0.29, 0.717) is 76.4 Å². The Morgan fingerprint density at radius 2 is 1.69 bits per heavy atom. The fourth-order valence-corrected chi connectivity index (χ4v) is 8.37. The number of aliphatic hydroxyl groups is 2. The summed E-state index contributed by atoms with van der Waals surface area (Å²) in [6.45, 7) is 3.85. The molecule has 1 saturated carbocycles. The number of aliphatic hydroxyl groups excluding tert-OH is 2. The Hall–Kier alpha value is -2.76. The lowest BCUT2D eigenvalue weighted by atomic mass is 10.1. The van der Waals surface area contributed by atoms with Crippen LogP contribution in [0.5, 0.6) is 5.75 Å². The molecule has 5 rings (SSSR count). The van der Waals surface area contributed by atoms with Gasteiger partial charge < -0.3 is 63.2 Å². The molecule has 0 radical (unpaired) electrons. The number of ether oxygens (including phenoxy) is 6. The molecule has 3 heterocycles. The molecule has 1 spiro atoms. The van der Waals surface area contributed by atoms with Gasteiger partial charge in [-0.15, -0.1) is 6.42 Å². The average Bonchev–Trinajstić information content (AvgIpc) is 3.47. The summed E-state index contributed by atoms with van der Waals surface area (Å²) >= 11 is 6.25. The van der Waals surface area contributed by atoms with Gasteiger partial charge in [-0.3, -0.25) is 9.13 Å². The van der Waals surface area contributed by atoms with Crippen LogP contribution in [0.2, 0.25) is 5.28 Å². The first-order valence-corrected chi connectivity index (χ1v) is 20.0. The highest BCUT2D eigenvalue weighted by molar-refractivity contribution is 7.70. The van der Waals surface area contributed by atoms with E-state index in [9.17, 15) is 24.2 Å². The van der Waals surface area contributed by atoms with Crippen LogP contribution in [-0.4, -0.2) is 134 Å². The van der Waals surface area contributed by atoms with Gasteiger partial charge >= 0.3 is 15.2 Å². The minimum atomic E-state index is -4.88. The van der Waals surface area contributed by atoms with Crippen LogP contribution in [0, 0.1) is 12.3 Å². The van der Waals surface area contributed by atoms with E-state index in [1.165, 1.54) is 10.9 Å². The fraction of sp³-hybridized carbons (Fsp3) is 0.567. The predicted molar refractivity (Wildman–Crippen MR) is 183 cm³/mol. The second kappa shape index (κ2) is 18.0. The third-order valence-corrected chi connectivity index (χ3v) is 11.5. The number of halogens is 1. The van der Waals surface area contributed by atoms with Gasteiger partial charge in [0.2, 0.25) is 5.28 Å². The minimum Gasteiger partial charge on any atom is -0.491 e. The maximum Gasteiger partial charge on any atom is 0.340 e. The summed E-state index contributed by atoms with van der Waals surface area (Å²) in [7, 11) is -9.63. The van der Waals surface area contributed by atoms with Crippen molar-refractivity contribution >= 4 is 43.6 Å². The lowest BCUT2D eigenvalue weighted by molar-refractivity contribution is -0.0663. The Kier molecular flexibility index (Phi) is 14.0. The van der Waals surface area contributed by atoms with Gasteiger partial charge in [-0.25, -0.2) is 4.68 Å². The number of hydrogen-bond donors (Lipinski definition) is 6. The van der Waals surface area contributed by atoms with Crippen LogP contribution in [0.15, 0.2) is 30.5 Å². The van der Waals surface area contributed by atoms with Crippen LogP contribution < -0.4 is 10.1 Å². The molecular weight excluding hydrogens is 752 g/mol. The van der Waals surface area contributed by atoms with Gasteiger partial charge in [-0.2, -0.15) is 15.1 Å². The molecule has 2 aliphatic rings. The molecule has 0 amide bonds. The van der Waals surface area contributed by atoms with Crippen molar-refractivity contribution < 1.29 is 67.0 Å². The number of hydrogen-bond acceptors (Lipinski definition) is 15. The highest BCUT2D eigenvalue weighted by atomic mass is 35.5. The van der Waals surface area contributed by atoms with Gasteiger partial charge in [-0.05, 0) is 29.3 Å². The highest BCUT2D eigenvalue weighted by Crippen LogP contribution is 2.63. The molecule has 0 bridgehead atoms. The van der Waals surface area contributed by atoms with Crippen molar-refractivity contribution in [1.29, 1.82) is 0 Å². The Balaban J connectivity index is 1.09. The Labute approximate surface area is 303 Å². The Morgan fingerprint density at radius 3 is 2.37 bits per heavy atom. The SMILES string of the molecule is C#CCOCCOCCOCCOCCOc1cccc(CNc2nc(Cl)nc3c2cnn3[C@@H]2OC3(C[C@H]3OP(=O)(O)CP(=O)(O)O)[C@@H](O)[C@H]2O)c1. The summed E-state index contributed by atoms with van der Waals surface area (Å²) in [4.78, 5) is 36.6. The number of fused-ring (bicyclic) bond motifs is 1. The van der Waals surface area contributed by atoms with Crippen molar-refractivity contribution in [3.8, 4) is 18.1 Å². The Morgan fingerprint density at radius 1 is 1.02 bits per heavy atom. The summed E-state index contributed by atoms with van der Waals surface area (Å²) in [5.74, 6) is 1.92. The van der Waals surface area contributed by atoms with E-state index in [-0.39, 0.29) is 24.0 Å². The third kappa shape index (κ3) is 10.9. The van der Waals surface area contributed by atoms with E-state index < -0.39 is 51.2 Å². The van der Waals surface area contributed by atoms with Crippen molar-refractivity contribution in [3.63, 3.8) is 0 Å². The molecule has 2 fully saturated rings. The van der Waals surface area contributed by atoms with E-state index in [1.54, 1.807) is 0 Å². The van der Waals surface area contributed by atoms with Crippen molar-refractivity contribution in [1.82, 2.24) is 19.7 Å². The van der Waals surface area contributed by atoms with E-state index in [4.69, 9.17) is 60.8 Å². The molecular formula is C30H40ClN5O14P2. The zero-order valence-corrected chi connectivity index (χ0v) is 30.3. The van der Waals surface area contributed by atoms with Crippen LogP contribution in [0.3, 0.4) is 0 Å². The lowest BCUT2D eigenvalue weighted by Crippen LogP contribution is -2.35. The molecule has 52 heavy (non-hydrogen) atoms. The molecule has 3 aromatic rings. The first kappa shape index (κ1) is 40.4. The molecule has 286 valence electrons. The second-order valence-corrected chi connectivity index (χ2v) is 16.0. The van der Waals surface area contributed by atoms with Crippen LogP contribution in [-0.2, 0) is 43.9 Å². The maximum absolute atomic E-state index is 12.3. The summed E-state index contributed by atoms with van der Waals surface area (Å²) in [5.41, 5.74) is -0.608. The normalized spacial score (nSPS) is 23.9. The number of anilines is 1. The van der Waals surface area contributed by atoms with Crippen molar-refractivity contribution in [2.75, 3.05) is 70.7 Å². The van der Waals surface area contributed by atoms with E-state index >= 15 is 0 Å². The molecule has 22 heteroatoms. The van der Waals surface area contributed by atoms with Crippen LogP contribution in [0.1, 0.15) is 18.2 Å². The van der Waals surface area contributed by atoms with Crippen molar-refractivity contribution in [2.45, 2.75) is 43.1 Å². The van der Waals surface area contributed by atoms with Gasteiger partial charge in [0.05, 0.1) is 57.8 Å². The van der Waals surface area contributed by atoms with Gasteiger partial charge in [0.25, 0.3) is 0 Å². The van der Waals surface area contributed by atoms with Crippen molar-refractivity contribution in [2.24, 2.45) is 0 Å². The molecule has 2 aromatic heterocycles. The fourth-order valence-electron chi connectivity index (χ4n) is 5.42. The third-order valence-electron chi connectivity index (χ3n) is 7.82. The van der Waals surface area contributed by atoms with Gasteiger partial charge in [0, 0.05) is 13.0 Å². The molecule has 1 aromatic carbocycles. The average molecular weight is 792 g/mol. The van der Waals surface area contributed by atoms with Crippen molar-refractivity contribution in [3.05, 3.63) is 41.3 Å². The molecule has 2 unspecified atom stereocenters. The summed E-state index contributed by atoms with van der Waals surface area (Å²) in [6, 6.07) is 7.38. The van der Waals surface area contributed by atoms with Crippen LogP contribution in [0.25, 0.3) is 11.0 Å². The standard InChI is InChI=1S/C30H40ClN5O14P2/c1-2-6-44-7-8-45-9-10-46-11-12-47-13-14-48-21-5-3-4-20(15-21)17-32-26-22-18-33-36(27(22)35-29(31)34-26)28-24(37)25(38)30(49-28)16-23(30)50-52(42,43)19-51(39,40)41/h1,3-5,15,18,23-25,28,37-38H,6-14,16-17,19H2,(H,42,43)(H,32,34,35)(H2,39,40,41)/t23-,24-,25+,28-,30?/m1/s1. The molecule has 6 atom stereocenters. The van der Waals surface area contributed by atoms with Gasteiger partial charge in [-0.1, -0.05) is 18.1 Å². The molecule has 1 aliphatic carbocycles. The van der Waals surface area contributed by atoms with E-state index in [1.807, 2.05) is 24.3 Å². The number of nitrogens with zero attached hydrogens (tertiary/aromatic N) is 4. The van der Waals surface area contributed by atoms with Crippen LogP contribution >= 0.6 is 26.8 Å². The van der Waals surface area contributed by atoms with Gasteiger partial charge in [0.1, 0.15) is 48.7 Å². The largest absolute Gasteiger partial charge is 0.491 e. The molecule has 19 nitrogen and oxygen atoms in total. The minimum absolute atomic E-state index is 0.122. The zero-order chi connectivity index (χ0) is 37.4. The number of terminal acetylenes is 1. The highest BCUT2D eigenvalue weighted by Gasteiger charge is 2.71. The first-order valence-electron chi connectivity index (χ1n) is 16.0. The zero-order valence-electron chi connectivity index (χ0n) is 27.7. The summed E-state index contributed by atoms with van der Waals surface area (Å²) < 4.78 is 62.9. The summed E-state index contributed by atoms with van der Waals surface area (Å²) in [6.07, 6.45) is 0.686. The monoisotopic (exact) mass is 791 g/mol. The molecule has 6 N–H and O–H groups in total. The quantitative estimate of drug-likeness (QED) is 0.0362. The topological polar surface area (TPSA) is 256 Å². The Bertz CT molecular complexity index is 1790. The number of benzene rings is 1. The van der Waals surface area contributed by atoms with E-state index in [0.717, 1.165) is 5.56 Å². The van der Waals surface area contributed by atoms with Crippen LogP contribution in [0.4, 0.5) is 5.82 Å².